The lowest BCUT2D eigenvalue weighted by Gasteiger charge is -2.08. The molecular formula is C12H14N4O2S. The number of hydrogen-bond acceptors (Lipinski definition) is 5. The van der Waals surface area contributed by atoms with E-state index in [1.54, 1.807) is 6.07 Å². The number of anilines is 1. The third-order valence-corrected chi connectivity index (χ3v) is 3.93. The lowest BCUT2D eigenvalue weighted by molar-refractivity contribution is 0.580. The van der Waals surface area contributed by atoms with Crippen LogP contribution >= 0.6 is 0 Å². The van der Waals surface area contributed by atoms with Crippen LogP contribution < -0.4 is 10.5 Å². The highest BCUT2D eigenvalue weighted by atomic mass is 32.2. The second-order valence-corrected chi connectivity index (χ2v) is 5.72. The van der Waals surface area contributed by atoms with Crippen molar-refractivity contribution in [3.8, 4) is 0 Å². The first kappa shape index (κ1) is 13.4. The zero-order chi connectivity index (χ0) is 13.9. The molecule has 2 heterocycles. The summed E-state index contributed by atoms with van der Waals surface area (Å²) in [5.74, 6) is -0.0211. The Morgan fingerprint density at radius 3 is 2.74 bits per heavy atom. The standard InChI is InChI=1S/C12H14N4O2S/c1-9-4-2-5-10(16-9)8-15-19(17,18)11-6-3-7-14-12(11)13/h2-7,15H,8H2,1H3,(H2,13,14). The molecule has 0 aromatic carbocycles. The van der Waals surface area contributed by atoms with Crippen molar-refractivity contribution in [2.45, 2.75) is 18.4 Å². The molecule has 6 nitrogen and oxygen atoms in total. The van der Waals surface area contributed by atoms with E-state index in [0.717, 1.165) is 5.69 Å². The minimum atomic E-state index is -3.68. The molecule has 0 aliphatic rings. The number of nitrogen functional groups attached to an aromatic ring is 1. The van der Waals surface area contributed by atoms with Crippen molar-refractivity contribution < 1.29 is 8.42 Å². The fourth-order valence-corrected chi connectivity index (χ4v) is 2.65. The molecule has 0 saturated carbocycles. The summed E-state index contributed by atoms with van der Waals surface area (Å²) < 4.78 is 26.6. The molecule has 0 aliphatic heterocycles. The highest BCUT2D eigenvalue weighted by molar-refractivity contribution is 7.89. The van der Waals surface area contributed by atoms with Gasteiger partial charge < -0.3 is 5.73 Å². The van der Waals surface area contributed by atoms with Crippen LogP contribution in [0.2, 0.25) is 0 Å². The van der Waals surface area contributed by atoms with Crippen LogP contribution in [0.3, 0.4) is 0 Å². The van der Waals surface area contributed by atoms with Gasteiger partial charge in [0.15, 0.2) is 0 Å². The van der Waals surface area contributed by atoms with Gasteiger partial charge in [-0.25, -0.2) is 18.1 Å². The molecule has 0 spiro atoms. The molecule has 0 unspecified atom stereocenters. The van der Waals surface area contributed by atoms with Crippen molar-refractivity contribution >= 4 is 15.8 Å². The second kappa shape index (κ2) is 5.33. The van der Waals surface area contributed by atoms with Crippen molar-refractivity contribution in [2.75, 3.05) is 5.73 Å². The molecule has 2 aromatic rings. The summed E-state index contributed by atoms with van der Waals surface area (Å²) in [4.78, 5) is 7.95. The van der Waals surface area contributed by atoms with Crippen LogP contribution in [0.4, 0.5) is 5.82 Å². The Balaban J connectivity index is 2.17. The second-order valence-electron chi connectivity index (χ2n) is 3.98. The predicted octanol–water partition coefficient (Wildman–Crippen LogP) is 0.846. The monoisotopic (exact) mass is 278 g/mol. The zero-order valence-electron chi connectivity index (χ0n) is 10.4. The normalized spacial score (nSPS) is 11.4. The third-order valence-electron chi connectivity index (χ3n) is 2.48. The Morgan fingerprint density at radius 1 is 1.26 bits per heavy atom. The van der Waals surface area contributed by atoms with Crippen molar-refractivity contribution in [1.29, 1.82) is 0 Å². The first-order valence-electron chi connectivity index (χ1n) is 5.62. The molecule has 0 saturated heterocycles. The average molecular weight is 278 g/mol. The number of rotatable bonds is 4. The van der Waals surface area contributed by atoms with E-state index in [4.69, 9.17) is 5.73 Å². The maximum Gasteiger partial charge on any atom is 0.244 e. The number of aryl methyl sites for hydroxylation is 1. The molecule has 19 heavy (non-hydrogen) atoms. The van der Waals surface area contributed by atoms with Gasteiger partial charge in [-0.1, -0.05) is 6.07 Å². The van der Waals surface area contributed by atoms with Crippen molar-refractivity contribution in [2.24, 2.45) is 0 Å². The van der Waals surface area contributed by atoms with Crippen LogP contribution in [0.25, 0.3) is 0 Å². The van der Waals surface area contributed by atoms with Gasteiger partial charge in [-0.05, 0) is 31.2 Å². The fourth-order valence-electron chi connectivity index (χ4n) is 1.57. The molecule has 0 atom stereocenters. The van der Waals surface area contributed by atoms with E-state index in [1.807, 2.05) is 19.1 Å². The molecule has 2 rings (SSSR count). The Morgan fingerprint density at radius 2 is 2.05 bits per heavy atom. The van der Waals surface area contributed by atoms with E-state index >= 15 is 0 Å². The van der Waals surface area contributed by atoms with E-state index in [-0.39, 0.29) is 17.3 Å². The van der Waals surface area contributed by atoms with Gasteiger partial charge in [0.25, 0.3) is 0 Å². The third kappa shape index (κ3) is 3.27. The molecular weight excluding hydrogens is 264 g/mol. The maximum absolute atomic E-state index is 12.1. The van der Waals surface area contributed by atoms with Gasteiger partial charge in [0, 0.05) is 11.9 Å². The Kier molecular flexibility index (Phi) is 3.77. The van der Waals surface area contributed by atoms with Gasteiger partial charge in [0.1, 0.15) is 10.7 Å². The molecule has 0 aliphatic carbocycles. The number of nitrogens with one attached hydrogen (secondary N) is 1. The smallest absolute Gasteiger partial charge is 0.244 e. The number of nitrogens with two attached hydrogens (primary N) is 1. The van der Waals surface area contributed by atoms with Crippen LogP contribution in [0.1, 0.15) is 11.4 Å². The van der Waals surface area contributed by atoms with Gasteiger partial charge in [-0.15, -0.1) is 0 Å². The van der Waals surface area contributed by atoms with E-state index in [9.17, 15) is 8.42 Å². The first-order chi connectivity index (χ1) is 8.99. The van der Waals surface area contributed by atoms with E-state index in [1.165, 1.54) is 18.3 Å². The van der Waals surface area contributed by atoms with Crippen molar-refractivity contribution in [3.63, 3.8) is 0 Å². The van der Waals surface area contributed by atoms with E-state index in [0.29, 0.717) is 5.69 Å². The first-order valence-corrected chi connectivity index (χ1v) is 7.10. The topological polar surface area (TPSA) is 98.0 Å². The molecule has 0 fully saturated rings. The average Bonchev–Trinajstić information content (AvgIpc) is 2.37. The number of nitrogens with zero attached hydrogens (tertiary/aromatic N) is 2. The Hall–Kier alpha value is -1.99. The highest BCUT2D eigenvalue weighted by Gasteiger charge is 2.17. The summed E-state index contributed by atoms with van der Waals surface area (Å²) in [5, 5.41) is 0. The quantitative estimate of drug-likeness (QED) is 0.863. The van der Waals surface area contributed by atoms with Crippen LogP contribution in [0.15, 0.2) is 41.4 Å². The zero-order valence-corrected chi connectivity index (χ0v) is 11.2. The number of hydrogen-bond donors (Lipinski definition) is 2. The van der Waals surface area contributed by atoms with Crippen LogP contribution in [0, 0.1) is 6.92 Å². The largest absolute Gasteiger partial charge is 0.383 e. The van der Waals surface area contributed by atoms with Gasteiger partial charge in [0.05, 0.1) is 12.2 Å². The molecule has 0 amide bonds. The molecule has 0 bridgehead atoms. The van der Waals surface area contributed by atoms with E-state index in [2.05, 4.69) is 14.7 Å². The number of aromatic nitrogens is 2. The minimum absolute atomic E-state index is 0.0211. The van der Waals surface area contributed by atoms with Crippen molar-refractivity contribution in [1.82, 2.24) is 14.7 Å². The molecule has 0 radical (unpaired) electrons. The summed E-state index contributed by atoms with van der Waals surface area (Å²) in [6.45, 7) is 1.95. The van der Waals surface area contributed by atoms with Crippen molar-refractivity contribution in [3.05, 3.63) is 47.9 Å². The van der Waals surface area contributed by atoms with Crippen LogP contribution in [0.5, 0.6) is 0 Å². The SMILES string of the molecule is Cc1cccc(CNS(=O)(=O)c2cccnc2N)n1. The Labute approximate surface area is 111 Å². The van der Waals surface area contributed by atoms with Gasteiger partial charge >= 0.3 is 0 Å². The molecule has 100 valence electrons. The summed E-state index contributed by atoms with van der Waals surface area (Å²) in [6.07, 6.45) is 1.44. The van der Waals surface area contributed by atoms with Gasteiger partial charge in [-0.2, -0.15) is 0 Å². The molecule has 3 N–H and O–H groups in total. The highest BCUT2D eigenvalue weighted by Crippen LogP contribution is 2.14. The molecule has 7 heteroatoms. The van der Waals surface area contributed by atoms with Gasteiger partial charge in [0.2, 0.25) is 10.0 Å². The lowest BCUT2D eigenvalue weighted by atomic mass is 10.3. The van der Waals surface area contributed by atoms with Crippen LogP contribution in [-0.2, 0) is 16.6 Å². The Bertz CT molecular complexity index is 686. The summed E-state index contributed by atoms with van der Waals surface area (Å²) in [6, 6.07) is 8.35. The lowest BCUT2D eigenvalue weighted by Crippen LogP contribution is -2.25. The number of sulfonamides is 1. The fraction of sp³-hybridized carbons (Fsp3) is 0.167. The predicted molar refractivity (Wildman–Crippen MR) is 71.6 cm³/mol. The maximum atomic E-state index is 12.1. The summed E-state index contributed by atoms with van der Waals surface area (Å²) in [7, 11) is -3.68. The minimum Gasteiger partial charge on any atom is -0.383 e. The summed E-state index contributed by atoms with van der Waals surface area (Å²) in [5.41, 5.74) is 7.03. The number of pyridine rings is 2. The van der Waals surface area contributed by atoms with Gasteiger partial charge in [-0.3, -0.25) is 4.98 Å². The molecule has 2 aromatic heterocycles. The summed E-state index contributed by atoms with van der Waals surface area (Å²) >= 11 is 0. The van der Waals surface area contributed by atoms with E-state index < -0.39 is 10.0 Å². The van der Waals surface area contributed by atoms with Crippen LogP contribution in [-0.4, -0.2) is 18.4 Å².